The zero-order valence-electron chi connectivity index (χ0n) is 29.1. The largest absolute Gasteiger partial charge is 0.514 e. The predicted molar refractivity (Wildman–Crippen MR) is 141 cm³/mol. The van der Waals surface area contributed by atoms with Crippen molar-refractivity contribution in [1.29, 1.82) is 0 Å². The maximum atomic E-state index is 14.3. The van der Waals surface area contributed by atoms with E-state index in [-0.39, 0.29) is 12.5 Å². The number of hydrogen-bond donors (Lipinski definition) is 0. The molecule has 366 valence electrons. The molecule has 1 unspecified atom stereocenters. The number of carbonyl (C=O) groups excluding carboxylic acids is 1. The van der Waals surface area contributed by atoms with E-state index in [4.69, 9.17) is 0 Å². The summed E-state index contributed by atoms with van der Waals surface area (Å²) in [6.45, 7) is -1.81. The lowest BCUT2D eigenvalue weighted by Gasteiger charge is -2.46. The van der Waals surface area contributed by atoms with Gasteiger partial charge in [0.2, 0.25) is 5.75 Å². The minimum Gasteiger partial charge on any atom is -0.427 e. The van der Waals surface area contributed by atoms with E-state index < -0.39 is 135 Å². The maximum Gasteiger partial charge on any atom is 0.514 e. The Bertz CT molecular complexity index is 1900. The molecule has 0 fully saturated rings. The maximum absolute atomic E-state index is 14.3. The van der Waals surface area contributed by atoms with Crippen LogP contribution in [0.3, 0.4) is 0 Å². The second-order valence-corrected chi connectivity index (χ2v) is 12.3. The van der Waals surface area contributed by atoms with E-state index in [1.165, 1.54) is 6.92 Å². The van der Waals surface area contributed by atoms with Crippen molar-refractivity contribution in [3.63, 3.8) is 0 Å². The molecule has 0 bridgehead atoms. The lowest BCUT2D eigenvalue weighted by molar-refractivity contribution is -0.483. The molecule has 0 aliphatic rings. The summed E-state index contributed by atoms with van der Waals surface area (Å²) in [6.07, 6.45) is -9.78. The molecular weight excluding hydrogens is 984 g/mol. The summed E-state index contributed by atoms with van der Waals surface area (Å²) in [4.78, 5) is 31.5. The smallest absolute Gasteiger partial charge is 0.427 e. The summed E-state index contributed by atoms with van der Waals surface area (Å²) in [7, 11) is 0. The average Bonchev–Trinajstić information content (AvgIpc) is 3.12. The minimum atomic E-state index is -10.0. The lowest BCUT2D eigenvalue weighted by Crippen LogP contribution is -2.79. The molecule has 1 aromatic rings. The molecule has 1 rings (SSSR count). The number of rotatable bonds is 20. The first-order valence-corrected chi connectivity index (χ1v) is 14.9. The first-order chi connectivity index (χ1) is 27.4. The number of nitro benzene ring substituents is 2. The average molecular weight is 998 g/mol. The number of hydrogen-bond acceptors (Lipinski definition) is 7. The van der Waals surface area contributed by atoms with Crippen LogP contribution in [0.5, 0.6) is 5.75 Å². The molecule has 1 atom stereocenters. The van der Waals surface area contributed by atoms with Crippen LogP contribution in [0.25, 0.3) is 0 Å². The molecule has 0 N–H and O–H groups in total. The van der Waals surface area contributed by atoms with Crippen LogP contribution in [0.15, 0.2) is 12.1 Å². The lowest BCUT2D eigenvalue weighted by atomic mass is 9.83. The van der Waals surface area contributed by atoms with E-state index in [1.54, 1.807) is 0 Å². The van der Waals surface area contributed by atoms with Crippen LogP contribution < -0.4 is 4.74 Å². The molecule has 0 amide bonds. The van der Waals surface area contributed by atoms with Crippen LogP contribution in [0, 0.1) is 20.2 Å². The Hall–Kier alpha value is -4.67. The number of non-ortho nitro benzene ring substituents is 1. The molecule has 0 saturated heterocycles. The molecule has 1 aromatic carbocycles. The van der Waals surface area contributed by atoms with Gasteiger partial charge in [-0.15, -0.1) is 0 Å². The zero-order valence-corrected chi connectivity index (χ0v) is 29.1. The monoisotopic (exact) mass is 998 g/mol. The van der Waals surface area contributed by atoms with Crippen molar-refractivity contribution in [3.05, 3.63) is 37.9 Å². The summed E-state index contributed by atoms with van der Waals surface area (Å²) in [6, 6.07) is 0.316. The van der Waals surface area contributed by atoms with Crippen LogP contribution in [0.4, 0.5) is 139 Å². The standard InChI is InChI=1S/C26H14F28N2O7/c1-3-7(2)9-4-8(55(58)59)5-10(56(60)61)11(9)63-13(57)62-6-14(29,30)16(33,34)18(37,38)20(41,42)22(45,46)24(49,50)26(53,54)25(51,52)23(47,48)21(43,44)19(39,40)17(35,36)15(31,32)12(27)28/h4-5,7,12H,3,6H2,1-2H3. The Balaban J connectivity index is 3.80. The molecular formula is C26H14F28N2O7. The Labute approximate surface area is 325 Å². The van der Waals surface area contributed by atoms with Gasteiger partial charge in [-0.3, -0.25) is 20.2 Å². The van der Waals surface area contributed by atoms with Gasteiger partial charge in [-0.2, -0.15) is 114 Å². The Kier molecular flexibility index (Phi) is 14.4. The van der Waals surface area contributed by atoms with Crippen molar-refractivity contribution < 1.29 is 147 Å². The fraction of sp³-hybridized carbons (Fsp3) is 0.731. The van der Waals surface area contributed by atoms with Crippen LogP contribution >= 0.6 is 0 Å². The van der Waals surface area contributed by atoms with Crippen molar-refractivity contribution in [2.24, 2.45) is 0 Å². The number of carbonyl (C=O) groups is 1. The van der Waals surface area contributed by atoms with Crippen LogP contribution in [-0.4, -0.2) is 106 Å². The van der Waals surface area contributed by atoms with Crippen LogP contribution in [-0.2, 0) is 4.74 Å². The topological polar surface area (TPSA) is 122 Å². The Morgan fingerprint density at radius 1 is 0.556 bits per heavy atom. The molecule has 0 saturated carbocycles. The second kappa shape index (κ2) is 16.1. The molecule has 9 nitrogen and oxygen atoms in total. The van der Waals surface area contributed by atoms with Crippen molar-refractivity contribution in [3.8, 4) is 5.75 Å². The SMILES string of the molecule is CCC(C)c1cc([N+](=O)[O-])cc([N+](=O)[O-])c1OC(=O)OCC(F)(F)C(F)(F)C(F)(F)C(F)(F)C(F)(F)C(F)(F)C(F)(F)C(F)(F)C(F)(F)C(F)(F)C(F)(F)C(F)(F)C(F)(F)C(F)F. The summed E-state index contributed by atoms with van der Waals surface area (Å²) >= 11 is 0. The number of nitro groups is 2. The highest BCUT2D eigenvalue weighted by atomic mass is 19.4. The summed E-state index contributed by atoms with van der Waals surface area (Å²) in [5.74, 6) is -124. The summed E-state index contributed by atoms with van der Waals surface area (Å²) in [5, 5.41) is 22.5. The zero-order chi connectivity index (χ0) is 50.9. The van der Waals surface area contributed by atoms with Gasteiger partial charge in [0, 0.05) is 11.6 Å². The molecule has 0 aliphatic carbocycles. The van der Waals surface area contributed by atoms with Gasteiger partial charge in [-0.05, 0) is 12.3 Å². The van der Waals surface area contributed by atoms with E-state index in [0.29, 0.717) is 6.07 Å². The van der Waals surface area contributed by atoms with Gasteiger partial charge in [0.15, 0.2) is 6.61 Å². The van der Waals surface area contributed by atoms with Crippen LogP contribution in [0.2, 0.25) is 0 Å². The Morgan fingerprint density at radius 2 is 0.873 bits per heavy atom. The third-order valence-corrected chi connectivity index (χ3v) is 8.29. The van der Waals surface area contributed by atoms with Crippen molar-refractivity contribution >= 4 is 17.5 Å². The fourth-order valence-electron chi connectivity index (χ4n) is 4.26. The number of nitrogens with zero attached hydrogens (tertiary/aromatic N) is 2. The van der Waals surface area contributed by atoms with Crippen molar-refractivity contribution in [2.75, 3.05) is 6.61 Å². The van der Waals surface area contributed by atoms with E-state index in [9.17, 15) is 148 Å². The molecule has 0 aliphatic heterocycles. The quantitative estimate of drug-likeness (QED) is 0.0419. The minimum absolute atomic E-state index is 0.0478. The van der Waals surface area contributed by atoms with Gasteiger partial charge in [-0.1, -0.05) is 13.8 Å². The van der Waals surface area contributed by atoms with Gasteiger partial charge in [0.25, 0.3) is 5.69 Å². The molecule has 0 heterocycles. The van der Waals surface area contributed by atoms with E-state index in [0.717, 1.165) is 6.92 Å². The van der Waals surface area contributed by atoms with Gasteiger partial charge in [0.05, 0.1) is 15.9 Å². The number of halogens is 28. The van der Waals surface area contributed by atoms with Gasteiger partial charge in [-0.25, -0.2) is 13.6 Å². The fourth-order valence-corrected chi connectivity index (χ4v) is 4.26. The normalized spacial score (nSPS) is 15.7. The summed E-state index contributed by atoms with van der Waals surface area (Å²) in [5.41, 5.74) is -3.71. The highest BCUT2D eigenvalue weighted by molar-refractivity contribution is 5.70. The third kappa shape index (κ3) is 7.87. The van der Waals surface area contributed by atoms with Gasteiger partial charge >= 0.3 is 95.3 Å². The van der Waals surface area contributed by atoms with Gasteiger partial charge < -0.3 is 9.47 Å². The predicted octanol–water partition coefficient (Wildman–Crippen LogP) is 12.1. The first kappa shape index (κ1) is 56.3. The van der Waals surface area contributed by atoms with E-state index in [1.807, 2.05) is 0 Å². The number of benzene rings is 1. The Morgan fingerprint density at radius 3 is 1.16 bits per heavy atom. The first-order valence-electron chi connectivity index (χ1n) is 14.9. The van der Waals surface area contributed by atoms with Crippen molar-refractivity contribution in [1.82, 2.24) is 0 Å². The highest BCUT2D eigenvalue weighted by Gasteiger charge is 3.00. The molecule has 0 radical (unpaired) electrons. The number of ether oxygens (including phenoxy) is 2. The van der Waals surface area contributed by atoms with Crippen LogP contribution in [0.1, 0.15) is 31.7 Å². The molecule has 37 heteroatoms. The van der Waals surface area contributed by atoms with Crippen molar-refractivity contribution in [2.45, 2.75) is 110 Å². The summed E-state index contributed by atoms with van der Waals surface area (Å²) < 4.78 is 393. The third-order valence-electron chi connectivity index (χ3n) is 8.29. The second-order valence-electron chi connectivity index (χ2n) is 12.3. The van der Waals surface area contributed by atoms with Gasteiger partial charge in [0.1, 0.15) is 0 Å². The molecule has 63 heavy (non-hydrogen) atoms. The highest BCUT2D eigenvalue weighted by Crippen LogP contribution is 2.68. The molecule has 0 spiro atoms. The number of alkyl halides is 28. The van der Waals surface area contributed by atoms with E-state index >= 15 is 0 Å². The van der Waals surface area contributed by atoms with E-state index in [2.05, 4.69) is 9.47 Å². The molecule has 0 aromatic heterocycles.